The molecule has 2 N–H and O–H groups in total. The van der Waals surface area contributed by atoms with Gasteiger partial charge in [0.05, 0.1) is 12.1 Å². The maximum Gasteiger partial charge on any atom is 0.262 e. The first kappa shape index (κ1) is 17.1. The van der Waals surface area contributed by atoms with Crippen molar-refractivity contribution < 1.29 is 8.78 Å². The van der Waals surface area contributed by atoms with Crippen molar-refractivity contribution in [3.05, 3.63) is 48.8 Å². The Balaban J connectivity index is 1.67. The number of nitrogens with zero attached hydrogens (tertiary/aromatic N) is 4. The Kier molecular flexibility index (Phi) is 4.10. The number of fused-ring (bicyclic) bond motifs is 2. The number of benzene rings is 1. The number of hydrogen-bond acceptors (Lipinski definition) is 5. The van der Waals surface area contributed by atoms with E-state index in [0.29, 0.717) is 11.6 Å². The summed E-state index contributed by atoms with van der Waals surface area (Å²) in [5, 5.41) is 12.1. The molecule has 138 valence electrons. The van der Waals surface area contributed by atoms with Crippen LogP contribution in [0.1, 0.15) is 6.92 Å². The summed E-state index contributed by atoms with van der Waals surface area (Å²) in [5.41, 5.74) is 2.41. The van der Waals surface area contributed by atoms with Crippen molar-refractivity contribution in [3.63, 3.8) is 0 Å². The first-order chi connectivity index (χ1) is 12.9. The quantitative estimate of drug-likeness (QED) is 0.548. The van der Waals surface area contributed by atoms with Crippen molar-refractivity contribution in [3.8, 4) is 0 Å². The van der Waals surface area contributed by atoms with Crippen LogP contribution >= 0.6 is 0 Å². The molecule has 8 heteroatoms. The fraction of sp³-hybridized carbons (Fsp3) is 0.211. The maximum absolute atomic E-state index is 13.4. The molecule has 3 heterocycles. The highest BCUT2D eigenvalue weighted by molar-refractivity contribution is 5.95. The van der Waals surface area contributed by atoms with Gasteiger partial charge in [-0.05, 0) is 41.8 Å². The third-order valence-corrected chi connectivity index (χ3v) is 4.20. The van der Waals surface area contributed by atoms with Gasteiger partial charge in [-0.2, -0.15) is 5.10 Å². The van der Waals surface area contributed by atoms with Crippen LogP contribution in [0, 0.1) is 0 Å². The van der Waals surface area contributed by atoms with E-state index >= 15 is 0 Å². The zero-order valence-electron chi connectivity index (χ0n) is 14.9. The Morgan fingerprint density at radius 2 is 2.00 bits per heavy atom. The summed E-state index contributed by atoms with van der Waals surface area (Å²) in [6.07, 6.45) is 3.33. The molecule has 0 amide bonds. The summed E-state index contributed by atoms with van der Waals surface area (Å²) in [5.74, 6) is -1.65. The molecule has 0 fully saturated rings. The van der Waals surface area contributed by atoms with Gasteiger partial charge in [-0.1, -0.05) is 0 Å². The molecule has 0 aliphatic rings. The number of H-pyrrole nitrogens is 1. The maximum atomic E-state index is 13.4. The summed E-state index contributed by atoms with van der Waals surface area (Å²) in [4.78, 5) is 10.1. The van der Waals surface area contributed by atoms with Crippen molar-refractivity contribution in [2.75, 3.05) is 23.8 Å². The molecule has 0 saturated heterocycles. The van der Waals surface area contributed by atoms with Crippen LogP contribution in [-0.4, -0.2) is 39.7 Å². The summed E-state index contributed by atoms with van der Waals surface area (Å²) >= 11 is 0. The molecule has 1 aromatic carbocycles. The Morgan fingerprint density at radius 3 is 2.81 bits per heavy atom. The Morgan fingerprint density at radius 1 is 1.15 bits per heavy atom. The molecular formula is C19H18F2N6. The first-order valence-corrected chi connectivity index (χ1v) is 8.44. The van der Waals surface area contributed by atoms with Crippen LogP contribution in [-0.2, 0) is 0 Å². The molecule has 0 aliphatic heterocycles. The largest absolute Gasteiger partial charge is 0.353 e. The van der Waals surface area contributed by atoms with Crippen LogP contribution in [0.25, 0.3) is 21.8 Å². The van der Waals surface area contributed by atoms with Gasteiger partial charge in [-0.25, -0.2) is 13.8 Å². The summed E-state index contributed by atoms with van der Waals surface area (Å²) in [6.45, 7) is 0.503. The van der Waals surface area contributed by atoms with Crippen molar-refractivity contribution in [1.82, 2.24) is 20.2 Å². The molecule has 3 aromatic heterocycles. The van der Waals surface area contributed by atoms with Crippen molar-refractivity contribution in [2.24, 2.45) is 0 Å². The third kappa shape index (κ3) is 3.51. The number of alkyl halides is 2. The zero-order valence-corrected chi connectivity index (χ0v) is 14.9. The molecule has 0 bridgehead atoms. The lowest BCUT2D eigenvalue weighted by Gasteiger charge is -2.23. The highest BCUT2D eigenvalue weighted by Gasteiger charge is 2.24. The smallest absolute Gasteiger partial charge is 0.262 e. The van der Waals surface area contributed by atoms with Crippen LogP contribution in [0.5, 0.6) is 0 Å². The molecular weight excluding hydrogens is 350 g/mol. The van der Waals surface area contributed by atoms with Gasteiger partial charge in [-0.15, -0.1) is 0 Å². The van der Waals surface area contributed by atoms with Gasteiger partial charge >= 0.3 is 0 Å². The van der Waals surface area contributed by atoms with Crippen LogP contribution < -0.4 is 10.2 Å². The average molecular weight is 368 g/mol. The minimum Gasteiger partial charge on any atom is -0.353 e. The van der Waals surface area contributed by atoms with Crippen molar-refractivity contribution in [2.45, 2.75) is 12.8 Å². The highest BCUT2D eigenvalue weighted by atomic mass is 19.3. The molecule has 27 heavy (non-hydrogen) atoms. The van der Waals surface area contributed by atoms with Crippen molar-refractivity contribution >= 4 is 39.1 Å². The van der Waals surface area contributed by atoms with E-state index in [1.807, 2.05) is 36.4 Å². The molecule has 0 saturated carbocycles. The Bertz CT molecular complexity index is 1100. The first-order valence-electron chi connectivity index (χ1n) is 8.44. The second-order valence-electron chi connectivity index (χ2n) is 6.59. The van der Waals surface area contributed by atoms with Gasteiger partial charge in [0, 0.05) is 37.4 Å². The van der Waals surface area contributed by atoms with Gasteiger partial charge in [0.2, 0.25) is 0 Å². The van der Waals surface area contributed by atoms with Crippen LogP contribution in [0.3, 0.4) is 0 Å². The fourth-order valence-corrected chi connectivity index (χ4v) is 3.11. The van der Waals surface area contributed by atoms with Gasteiger partial charge < -0.3 is 10.2 Å². The number of anilines is 3. The number of pyridine rings is 2. The van der Waals surface area contributed by atoms with Crippen molar-refractivity contribution in [1.29, 1.82) is 0 Å². The average Bonchev–Trinajstić information content (AvgIpc) is 3.03. The van der Waals surface area contributed by atoms with E-state index in [4.69, 9.17) is 0 Å². The topological polar surface area (TPSA) is 69.7 Å². The molecule has 4 rings (SSSR count). The van der Waals surface area contributed by atoms with E-state index in [-0.39, 0.29) is 0 Å². The lowest BCUT2D eigenvalue weighted by atomic mass is 10.1. The van der Waals surface area contributed by atoms with Crippen LogP contribution in [0.15, 0.2) is 48.8 Å². The number of hydrogen-bond donors (Lipinski definition) is 2. The molecule has 6 nitrogen and oxygen atoms in total. The van der Waals surface area contributed by atoms with Gasteiger partial charge in [0.15, 0.2) is 5.82 Å². The van der Waals surface area contributed by atoms with Gasteiger partial charge in [-0.3, -0.25) is 10.1 Å². The molecule has 0 aliphatic carbocycles. The standard InChI is InChI=1S/C19H18F2N6/c1-19(20,21)11-27(2)18-14-6-5-13(10-12(14)7-9-23-18)24-17-16-15(25-26-17)4-3-8-22-16/h3-10H,11H2,1-2H3,(H2,24,25,26). The van der Waals surface area contributed by atoms with Crippen LogP contribution in [0.4, 0.5) is 26.1 Å². The van der Waals surface area contributed by atoms with E-state index in [0.717, 1.165) is 34.4 Å². The molecule has 0 radical (unpaired) electrons. The van der Waals surface area contributed by atoms with E-state index in [1.165, 1.54) is 4.90 Å². The molecule has 0 unspecified atom stereocenters. The summed E-state index contributed by atoms with van der Waals surface area (Å²) in [7, 11) is 1.62. The fourth-order valence-electron chi connectivity index (χ4n) is 3.11. The Labute approximate surface area is 154 Å². The third-order valence-electron chi connectivity index (χ3n) is 4.20. The molecule has 0 spiro atoms. The minimum atomic E-state index is -2.80. The predicted octanol–water partition coefficient (Wildman–Crippen LogP) is 4.34. The number of halogens is 2. The predicted molar refractivity (Wildman–Crippen MR) is 103 cm³/mol. The van der Waals surface area contributed by atoms with E-state index in [1.54, 1.807) is 19.4 Å². The minimum absolute atomic E-state index is 0.399. The van der Waals surface area contributed by atoms with E-state index in [2.05, 4.69) is 25.5 Å². The Hall–Kier alpha value is -3.29. The second kappa shape index (κ2) is 6.46. The molecule has 0 atom stereocenters. The van der Waals surface area contributed by atoms with E-state index < -0.39 is 12.5 Å². The SMILES string of the molecule is CN(CC(C)(F)F)c1nccc2cc(Nc3n[nH]c4cccnc34)ccc12. The lowest BCUT2D eigenvalue weighted by molar-refractivity contribution is 0.0310. The van der Waals surface area contributed by atoms with Gasteiger partial charge in [0.25, 0.3) is 5.92 Å². The van der Waals surface area contributed by atoms with Gasteiger partial charge in [0.1, 0.15) is 11.3 Å². The lowest BCUT2D eigenvalue weighted by Crippen LogP contribution is -2.32. The summed E-state index contributed by atoms with van der Waals surface area (Å²) < 4.78 is 26.7. The monoisotopic (exact) mass is 368 g/mol. The highest BCUT2D eigenvalue weighted by Crippen LogP contribution is 2.29. The van der Waals surface area contributed by atoms with Crippen LogP contribution in [0.2, 0.25) is 0 Å². The number of aromatic nitrogens is 4. The molecule has 4 aromatic rings. The second-order valence-corrected chi connectivity index (χ2v) is 6.59. The number of rotatable bonds is 5. The number of aromatic amines is 1. The zero-order chi connectivity index (χ0) is 19.0. The normalized spacial score (nSPS) is 11.9. The number of nitrogens with one attached hydrogen (secondary N) is 2. The summed E-state index contributed by atoms with van der Waals surface area (Å²) in [6, 6.07) is 11.3. The van der Waals surface area contributed by atoms with E-state index in [9.17, 15) is 8.78 Å².